The van der Waals surface area contributed by atoms with E-state index in [0.29, 0.717) is 12.0 Å². The Labute approximate surface area is 108 Å². The van der Waals surface area contributed by atoms with Gasteiger partial charge in [0.2, 0.25) is 0 Å². The average Bonchev–Trinajstić information content (AvgIpc) is 2.78. The number of hydrogen-bond donors (Lipinski definition) is 1. The van der Waals surface area contributed by atoms with E-state index >= 15 is 0 Å². The second kappa shape index (κ2) is 6.47. The SMILES string of the molecule is CCCNC(c1scnc1C)C1CCCOC1. The van der Waals surface area contributed by atoms with Crippen LogP contribution in [0, 0.1) is 12.8 Å². The Balaban J connectivity index is 2.09. The van der Waals surface area contributed by atoms with E-state index in [1.807, 2.05) is 5.51 Å². The molecule has 0 spiro atoms. The largest absolute Gasteiger partial charge is 0.381 e. The predicted octanol–water partition coefficient (Wildman–Crippen LogP) is 2.92. The van der Waals surface area contributed by atoms with Crippen LogP contribution in [-0.2, 0) is 4.74 Å². The minimum absolute atomic E-state index is 0.433. The molecular weight excluding hydrogens is 232 g/mol. The van der Waals surface area contributed by atoms with Gasteiger partial charge in [0.1, 0.15) is 0 Å². The molecule has 1 N–H and O–H groups in total. The third-order valence-corrected chi connectivity index (χ3v) is 4.36. The molecule has 0 saturated carbocycles. The molecule has 0 amide bonds. The summed E-state index contributed by atoms with van der Waals surface area (Å²) in [6.45, 7) is 7.20. The van der Waals surface area contributed by atoms with Gasteiger partial charge in [-0.3, -0.25) is 0 Å². The molecule has 1 aliphatic heterocycles. The Morgan fingerprint density at radius 1 is 1.65 bits per heavy atom. The molecule has 2 unspecified atom stereocenters. The molecular formula is C13H22N2OS. The third kappa shape index (κ3) is 3.27. The van der Waals surface area contributed by atoms with Crippen molar-refractivity contribution in [2.45, 2.75) is 39.2 Å². The first kappa shape index (κ1) is 13.0. The zero-order valence-electron chi connectivity index (χ0n) is 10.7. The van der Waals surface area contributed by atoms with E-state index in [0.717, 1.165) is 19.8 Å². The molecule has 3 nitrogen and oxygen atoms in total. The molecule has 1 saturated heterocycles. The van der Waals surface area contributed by atoms with Crippen LogP contribution in [0.3, 0.4) is 0 Å². The molecule has 0 aliphatic carbocycles. The van der Waals surface area contributed by atoms with Crippen LogP contribution in [0.25, 0.3) is 0 Å². The normalized spacial score (nSPS) is 22.6. The number of aryl methyl sites for hydroxylation is 1. The molecule has 0 radical (unpaired) electrons. The van der Waals surface area contributed by atoms with Gasteiger partial charge in [-0.1, -0.05) is 6.92 Å². The third-order valence-electron chi connectivity index (χ3n) is 3.35. The van der Waals surface area contributed by atoms with Crippen molar-refractivity contribution in [1.29, 1.82) is 0 Å². The molecule has 2 rings (SSSR count). The summed E-state index contributed by atoms with van der Waals surface area (Å²) in [5.41, 5.74) is 3.13. The van der Waals surface area contributed by atoms with Crippen molar-refractivity contribution >= 4 is 11.3 Å². The first-order valence-corrected chi connectivity index (χ1v) is 7.42. The Morgan fingerprint density at radius 3 is 3.12 bits per heavy atom. The fourth-order valence-electron chi connectivity index (χ4n) is 2.41. The van der Waals surface area contributed by atoms with Gasteiger partial charge in [-0.2, -0.15) is 0 Å². The zero-order valence-corrected chi connectivity index (χ0v) is 11.6. The zero-order chi connectivity index (χ0) is 12.1. The lowest BCUT2D eigenvalue weighted by atomic mass is 9.92. The quantitative estimate of drug-likeness (QED) is 0.877. The van der Waals surface area contributed by atoms with E-state index in [9.17, 15) is 0 Å². The Bertz CT molecular complexity index is 334. The van der Waals surface area contributed by atoms with Crippen molar-refractivity contribution in [3.05, 3.63) is 16.1 Å². The molecule has 1 fully saturated rings. The van der Waals surface area contributed by atoms with Crippen LogP contribution < -0.4 is 5.32 Å². The number of nitrogens with zero attached hydrogens (tertiary/aromatic N) is 1. The number of ether oxygens (including phenoxy) is 1. The van der Waals surface area contributed by atoms with Crippen LogP contribution in [0.1, 0.15) is 42.8 Å². The summed E-state index contributed by atoms with van der Waals surface area (Å²) >= 11 is 1.77. The molecule has 4 heteroatoms. The van der Waals surface area contributed by atoms with Gasteiger partial charge < -0.3 is 10.1 Å². The van der Waals surface area contributed by atoms with Crippen LogP contribution in [0.5, 0.6) is 0 Å². The summed E-state index contributed by atoms with van der Waals surface area (Å²) in [6.07, 6.45) is 3.62. The highest BCUT2D eigenvalue weighted by Crippen LogP contribution is 2.32. The number of nitrogens with one attached hydrogen (secondary N) is 1. The molecule has 1 aliphatic rings. The van der Waals surface area contributed by atoms with Crippen molar-refractivity contribution in [3.8, 4) is 0 Å². The maximum absolute atomic E-state index is 5.63. The van der Waals surface area contributed by atoms with Gasteiger partial charge in [-0.15, -0.1) is 11.3 Å². The van der Waals surface area contributed by atoms with Crippen molar-refractivity contribution in [3.63, 3.8) is 0 Å². The van der Waals surface area contributed by atoms with E-state index in [-0.39, 0.29) is 0 Å². The molecule has 0 bridgehead atoms. The summed E-state index contributed by atoms with van der Waals surface area (Å²) in [7, 11) is 0. The molecule has 0 aromatic carbocycles. The monoisotopic (exact) mass is 254 g/mol. The van der Waals surface area contributed by atoms with Crippen LogP contribution in [0.4, 0.5) is 0 Å². The summed E-state index contributed by atoms with van der Waals surface area (Å²) in [5, 5.41) is 3.67. The predicted molar refractivity (Wildman–Crippen MR) is 71.4 cm³/mol. The second-order valence-electron chi connectivity index (χ2n) is 4.71. The first-order valence-electron chi connectivity index (χ1n) is 6.54. The van der Waals surface area contributed by atoms with Crippen LogP contribution >= 0.6 is 11.3 Å². The second-order valence-corrected chi connectivity index (χ2v) is 5.60. The number of thiazole rings is 1. The van der Waals surface area contributed by atoms with E-state index in [1.165, 1.54) is 29.8 Å². The fourth-order valence-corrected chi connectivity index (χ4v) is 3.38. The Kier molecular flexibility index (Phi) is 4.95. The fraction of sp³-hybridized carbons (Fsp3) is 0.769. The van der Waals surface area contributed by atoms with Gasteiger partial charge >= 0.3 is 0 Å². The molecule has 96 valence electrons. The number of aromatic nitrogens is 1. The van der Waals surface area contributed by atoms with Gasteiger partial charge in [-0.25, -0.2) is 4.98 Å². The van der Waals surface area contributed by atoms with Gasteiger partial charge in [0.05, 0.1) is 17.8 Å². The summed E-state index contributed by atoms with van der Waals surface area (Å²) < 4.78 is 5.63. The Hall–Kier alpha value is -0.450. The highest BCUT2D eigenvalue weighted by atomic mass is 32.1. The standard InChI is InChI=1S/C13H22N2OS/c1-3-6-14-12(11-5-4-7-16-8-11)13-10(2)15-9-17-13/h9,11-12,14H,3-8H2,1-2H3. The van der Waals surface area contributed by atoms with Gasteiger partial charge in [0, 0.05) is 23.4 Å². The van der Waals surface area contributed by atoms with Gasteiger partial charge in [-0.05, 0) is 32.7 Å². The van der Waals surface area contributed by atoms with Crippen LogP contribution in [0.2, 0.25) is 0 Å². The number of rotatable bonds is 5. The van der Waals surface area contributed by atoms with E-state index in [4.69, 9.17) is 4.74 Å². The summed E-state index contributed by atoms with van der Waals surface area (Å²) in [5.74, 6) is 0.606. The van der Waals surface area contributed by atoms with E-state index in [1.54, 1.807) is 11.3 Å². The topological polar surface area (TPSA) is 34.2 Å². The summed E-state index contributed by atoms with van der Waals surface area (Å²) in [6, 6.07) is 0.433. The lowest BCUT2D eigenvalue weighted by molar-refractivity contribution is 0.0394. The summed E-state index contributed by atoms with van der Waals surface area (Å²) in [4.78, 5) is 5.78. The first-order chi connectivity index (χ1) is 8.33. The highest BCUT2D eigenvalue weighted by Gasteiger charge is 2.27. The minimum atomic E-state index is 0.433. The van der Waals surface area contributed by atoms with Crippen molar-refractivity contribution in [1.82, 2.24) is 10.3 Å². The smallest absolute Gasteiger partial charge is 0.0798 e. The van der Waals surface area contributed by atoms with Crippen molar-refractivity contribution < 1.29 is 4.74 Å². The molecule has 2 atom stereocenters. The number of hydrogen-bond acceptors (Lipinski definition) is 4. The molecule has 17 heavy (non-hydrogen) atoms. The average molecular weight is 254 g/mol. The minimum Gasteiger partial charge on any atom is -0.381 e. The van der Waals surface area contributed by atoms with Crippen LogP contribution in [-0.4, -0.2) is 24.7 Å². The van der Waals surface area contributed by atoms with Crippen LogP contribution in [0.15, 0.2) is 5.51 Å². The maximum Gasteiger partial charge on any atom is 0.0798 e. The molecule has 1 aromatic rings. The lowest BCUT2D eigenvalue weighted by Gasteiger charge is -2.30. The molecule has 2 heterocycles. The highest BCUT2D eigenvalue weighted by molar-refractivity contribution is 7.09. The van der Waals surface area contributed by atoms with E-state index in [2.05, 4.69) is 24.1 Å². The van der Waals surface area contributed by atoms with Crippen molar-refractivity contribution in [2.75, 3.05) is 19.8 Å². The van der Waals surface area contributed by atoms with Crippen molar-refractivity contribution in [2.24, 2.45) is 5.92 Å². The molecule has 1 aromatic heterocycles. The Morgan fingerprint density at radius 2 is 2.53 bits per heavy atom. The van der Waals surface area contributed by atoms with Gasteiger partial charge in [0.15, 0.2) is 0 Å². The van der Waals surface area contributed by atoms with Gasteiger partial charge in [0.25, 0.3) is 0 Å². The van der Waals surface area contributed by atoms with E-state index < -0.39 is 0 Å². The maximum atomic E-state index is 5.63. The lowest BCUT2D eigenvalue weighted by Crippen LogP contribution is -2.33.